The van der Waals surface area contributed by atoms with Gasteiger partial charge in [0.1, 0.15) is 0 Å². The zero-order valence-electron chi connectivity index (χ0n) is 38.5. The van der Waals surface area contributed by atoms with Crippen molar-refractivity contribution in [2.45, 2.75) is 0 Å². The highest BCUT2D eigenvalue weighted by molar-refractivity contribution is 6.22. The molecule has 0 aliphatic carbocycles. The van der Waals surface area contributed by atoms with Gasteiger partial charge in [0.15, 0.2) is 0 Å². The zero-order valence-corrected chi connectivity index (χ0v) is 38.5. The van der Waals surface area contributed by atoms with Gasteiger partial charge in [0.2, 0.25) is 0 Å². The Morgan fingerprint density at radius 1 is 0.243 bits per heavy atom. The third kappa shape index (κ3) is 7.13. The summed E-state index contributed by atoms with van der Waals surface area (Å²) in [7, 11) is 0. The molecular formula is C68H46N2. The van der Waals surface area contributed by atoms with E-state index in [-0.39, 0.29) is 0 Å². The lowest BCUT2D eigenvalue weighted by atomic mass is 9.84. The molecule has 70 heavy (non-hydrogen) atoms. The topological polar surface area (TPSA) is 8.17 Å². The molecule has 12 aromatic carbocycles. The van der Waals surface area contributed by atoms with Gasteiger partial charge < -0.3 is 9.47 Å². The Kier molecular flexibility index (Phi) is 10.2. The fourth-order valence-corrected chi connectivity index (χ4v) is 10.8. The second-order valence-corrected chi connectivity index (χ2v) is 18.0. The van der Waals surface area contributed by atoms with Crippen LogP contribution in [0, 0.1) is 0 Å². The molecule has 2 nitrogen and oxygen atoms in total. The van der Waals surface area contributed by atoms with Crippen molar-refractivity contribution in [3.8, 4) is 61.3 Å². The van der Waals surface area contributed by atoms with Crippen molar-refractivity contribution in [3.05, 3.63) is 279 Å². The first-order valence-corrected chi connectivity index (χ1v) is 24.1. The summed E-state index contributed by atoms with van der Waals surface area (Å²) in [5.74, 6) is 0. The van der Waals surface area contributed by atoms with Crippen LogP contribution in [0.15, 0.2) is 279 Å². The molecule has 0 unspecified atom stereocenters. The van der Waals surface area contributed by atoms with Crippen LogP contribution < -0.4 is 4.90 Å². The monoisotopic (exact) mass is 890 g/mol. The van der Waals surface area contributed by atoms with Gasteiger partial charge in [-0.1, -0.05) is 212 Å². The number of para-hydroxylation sites is 3. The smallest absolute Gasteiger partial charge is 0.0541 e. The molecule has 0 saturated heterocycles. The minimum Gasteiger partial charge on any atom is -0.310 e. The Labute approximate surface area is 408 Å². The number of fused-ring (bicyclic) bond motifs is 6. The normalized spacial score (nSPS) is 11.4. The third-order valence-corrected chi connectivity index (χ3v) is 14.0. The highest BCUT2D eigenvalue weighted by atomic mass is 15.1. The fourth-order valence-electron chi connectivity index (χ4n) is 10.8. The van der Waals surface area contributed by atoms with E-state index in [2.05, 4.69) is 289 Å². The molecule has 0 aliphatic rings. The predicted octanol–water partition coefficient (Wildman–Crippen LogP) is 18.9. The molecule has 2 heteroatoms. The van der Waals surface area contributed by atoms with Crippen LogP contribution in [0.1, 0.15) is 0 Å². The lowest BCUT2D eigenvalue weighted by Gasteiger charge is -2.28. The summed E-state index contributed by atoms with van der Waals surface area (Å²) < 4.78 is 2.38. The predicted molar refractivity (Wildman–Crippen MR) is 298 cm³/mol. The standard InChI is InChI=1S/C68H46N2/c1-5-20-47(21-6-1)51-26-19-29-56(44-51)69(64-34-17-15-30-57(64)53-39-43-66-62(46-53)60-32-16-18-35-65(60)70(66)54-27-11-4-12-28-54)55-40-36-48(37-41-55)52-38-42-59-58-31-13-14-33-61(58)67(49-22-7-2-8-23-49)68(63(59)45-52)50-24-9-3-10-25-50/h1-46H. The summed E-state index contributed by atoms with van der Waals surface area (Å²) in [6.07, 6.45) is 0. The Balaban J connectivity index is 0.972. The van der Waals surface area contributed by atoms with Gasteiger partial charge in [0, 0.05) is 33.4 Å². The second-order valence-electron chi connectivity index (χ2n) is 18.0. The van der Waals surface area contributed by atoms with Crippen LogP contribution in [0.2, 0.25) is 0 Å². The van der Waals surface area contributed by atoms with Crippen LogP contribution in [0.3, 0.4) is 0 Å². The van der Waals surface area contributed by atoms with Gasteiger partial charge in [-0.2, -0.15) is 0 Å². The SMILES string of the molecule is c1ccc(-c2cccc(N(c3ccc(-c4ccc5c(c4)c(-c4ccccc4)c(-c4ccccc4)c4ccccc45)cc3)c3ccccc3-c3ccc4c(c3)c3ccccc3n4-c3ccccc3)c2)cc1. The molecule has 1 heterocycles. The molecule has 0 radical (unpaired) electrons. The van der Waals surface area contributed by atoms with E-state index in [1.165, 1.54) is 82.3 Å². The van der Waals surface area contributed by atoms with Gasteiger partial charge >= 0.3 is 0 Å². The Bertz CT molecular complexity index is 4020. The van der Waals surface area contributed by atoms with E-state index in [9.17, 15) is 0 Å². The summed E-state index contributed by atoms with van der Waals surface area (Å²) in [5, 5.41) is 7.46. The maximum absolute atomic E-state index is 2.43. The molecule has 0 N–H and O–H groups in total. The first-order valence-electron chi connectivity index (χ1n) is 24.1. The number of aromatic nitrogens is 1. The first-order chi connectivity index (χ1) is 34.7. The van der Waals surface area contributed by atoms with E-state index in [1.807, 2.05) is 0 Å². The zero-order chi connectivity index (χ0) is 46.4. The summed E-state index contributed by atoms with van der Waals surface area (Å²) in [6, 6.07) is 102. The van der Waals surface area contributed by atoms with Gasteiger partial charge in [-0.15, -0.1) is 0 Å². The van der Waals surface area contributed by atoms with Crippen LogP contribution in [0.5, 0.6) is 0 Å². The number of benzene rings is 12. The molecule has 0 spiro atoms. The summed E-state index contributed by atoms with van der Waals surface area (Å²) in [4.78, 5) is 2.43. The minimum absolute atomic E-state index is 1.08. The molecule has 0 fully saturated rings. The van der Waals surface area contributed by atoms with Crippen LogP contribution in [-0.4, -0.2) is 4.57 Å². The Morgan fingerprint density at radius 2 is 0.729 bits per heavy atom. The van der Waals surface area contributed by atoms with Crippen molar-refractivity contribution in [1.29, 1.82) is 0 Å². The minimum atomic E-state index is 1.08. The van der Waals surface area contributed by atoms with E-state index in [0.29, 0.717) is 0 Å². The van der Waals surface area contributed by atoms with Gasteiger partial charge in [0.25, 0.3) is 0 Å². The van der Waals surface area contributed by atoms with Gasteiger partial charge in [-0.05, 0) is 138 Å². The molecule has 0 aliphatic heterocycles. The maximum atomic E-state index is 2.43. The summed E-state index contributed by atoms with van der Waals surface area (Å²) >= 11 is 0. The molecule has 0 amide bonds. The van der Waals surface area contributed by atoms with E-state index in [4.69, 9.17) is 0 Å². The lowest BCUT2D eigenvalue weighted by molar-refractivity contribution is 1.18. The maximum Gasteiger partial charge on any atom is 0.0541 e. The van der Waals surface area contributed by atoms with Crippen molar-refractivity contribution in [2.24, 2.45) is 0 Å². The van der Waals surface area contributed by atoms with Gasteiger partial charge in [-0.3, -0.25) is 0 Å². The number of anilines is 3. The largest absolute Gasteiger partial charge is 0.310 e. The van der Waals surface area contributed by atoms with Crippen molar-refractivity contribution in [3.63, 3.8) is 0 Å². The summed E-state index contributed by atoms with van der Waals surface area (Å²) in [6.45, 7) is 0. The summed E-state index contributed by atoms with van der Waals surface area (Å²) in [5.41, 5.74) is 18.7. The highest BCUT2D eigenvalue weighted by Gasteiger charge is 2.21. The molecule has 0 bridgehead atoms. The number of rotatable bonds is 9. The average molecular weight is 891 g/mol. The number of hydrogen-bond donors (Lipinski definition) is 0. The Hall–Kier alpha value is -9.24. The molecule has 0 atom stereocenters. The quantitative estimate of drug-likeness (QED) is 0.131. The van der Waals surface area contributed by atoms with Crippen LogP contribution in [-0.2, 0) is 0 Å². The average Bonchev–Trinajstić information content (AvgIpc) is 3.77. The molecule has 1 aromatic heterocycles. The van der Waals surface area contributed by atoms with E-state index in [1.54, 1.807) is 0 Å². The van der Waals surface area contributed by atoms with E-state index >= 15 is 0 Å². The van der Waals surface area contributed by atoms with Crippen molar-refractivity contribution < 1.29 is 0 Å². The third-order valence-electron chi connectivity index (χ3n) is 14.0. The number of hydrogen-bond acceptors (Lipinski definition) is 1. The molecule has 13 rings (SSSR count). The lowest BCUT2D eigenvalue weighted by Crippen LogP contribution is -2.11. The van der Waals surface area contributed by atoms with Gasteiger partial charge in [-0.25, -0.2) is 0 Å². The molecule has 13 aromatic rings. The fraction of sp³-hybridized carbons (Fsp3) is 0. The van der Waals surface area contributed by atoms with Crippen molar-refractivity contribution in [1.82, 2.24) is 4.57 Å². The second kappa shape index (κ2) is 17.4. The Morgan fingerprint density at radius 3 is 1.46 bits per heavy atom. The molecule has 0 saturated carbocycles. The van der Waals surface area contributed by atoms with E-state index < -0.39 is 0 Å². The van der Waals surface area contributed by atoms with Crippen LogP contribution in [0.4, 0.5) is 17.1 Å². The highest BCUT2D eigenvalue weighted by Crippen LogP contribution is 2.47. The number of nitrogens with zero attached hydrogens (tertiary/aromatic N) is 2. The van der Waals surface area contributed by atoms with E-state index in [0.717, 1.165) is 39.4 Å². The first kappa shape index (κ1) is 41.0. The van der Waals surface area contributed by atoms with Crippen molar-refractivity contribution in [2.75, 3.05) is 4.90 Å². The molecular weight excluding hydrogens is 845 g/mol. The van der Waals surface area contributed by atoms with Crippen LogP contribution in [0.25, 0.3) is 105 Å². The molecule has 328 valence electrons. The van der Waals surface area contributed by atoms with Crippen molar-refractivity contribution >= 4 is 60.4 Å². The van der Waals surface area contributed by atoms with Gasteiger partial charge in [0.05, 0.1) is 16.7 Å². The van der Waals surface area contributed by atoms with Crippen LogP contribution >= 0.6 is 0 Å².